The van der Waals surface area contributed by atoms with E-state index in [1.54, 1.807) is 0 Å². The van der Waals surface area contributed by atoms with Crippen molar-refractivity contribution >= 4 is 7.92 Å². The van der Waals surface area contributed by atoms with Gasteiger partial charge in [0.05, 0.1) is 0 Å². The van der Waals surface area contributed by atoms with Crippen LogP contribution in [0, 0.1) is 0 Å². The highest BCUT2D eigenvalue weighted by Crippen LogP contribution is 2.60. The number of nitrogens with one attached hydrogen (secondary N) is 1. The molecule has 0 aromatic rings. The van der Waals surface area contributed by atoms with Crippen molar-refractivity contribution in [1.82, 2.24) is 10.2 Å². The molecule has 2 N–H and O–H groups in total. The van der Waals surface area contributed by atoms with Crippen molar-refractivity contribution in [1.29, 1.82) is 0 Å². The largest absolute Gasteiger partial charge is 0.508 e. The third-order valence-corrected chi connectivity index (χ3v) is 7.36. The molecule has 0 bridgehead atoms. The Bertz CT molecular complexity index is 474. The molecular formula is C19H35N2OP. The first-order valence-corrected chi connectivity index (χ1v) is 10.00. The molecule has 1 aliphatic rings. The minimum atomic E-state index is -0.352. The smallest absolute Gasteiger partial charge is 0.119 e. The molecule has 0 atom stereocenters. The summed E-state index contributed by atoms with van der Waals surface area (Å²) in [7, 11) is -0.352. The number of hydrogen-bond acceptors (Lipinski definition) is 3. The van der Waals surface area contributed by atoms with E-state index < -0.39 is 0 Å². The first-order valence-electron chi connectivity index (χ1n) is 8.59. The second kappa shape index (κ2) is 7.85. The molecule has 0 radical (unpaired) electrons. The van der Waals surface area contributed by atoms with Gasteiger partial charge in [-0.1, -0.05) is 63.3 Å². The van der Waals surface area contributed by atoms with Gasteiger partial charge < -0.3 is 10.4 Å². The average molecular weight is 338 g/mol. The molecule has 0 amide bonds. The van der Waals surface area contributed by atoms with Gasteiger partial charge in [-0.15, -0.1) is 0 Å². The summed E-state index contributed by atoms with van der Waals surface area (Å²) in [6.45, 7) is 21.0. The molecule has 3 nitrogen and oxygen atoms in total. The van der Waals surface area contributed by atoms with Crippen LogP contribution in [0.2, 0.25) is 0 Å². The maximum absolute atomic E-state index is 10.1. The Morgan fingerprint density at radius 1 is 1.04 bits per heavy atom. The van der Waals surface area contributed by atoms with E-state index >= 15 is 0 Å². The lowest BCUT2D eigenvalue weighted by Crippen LogP contribution is -2.31. The van der Waals surface area contributed by atoms with Crippen molar-refractivity contribution in [2.45, 2.75) is 65.7 Å². The quantitative estimate of drug-likeness (QED) is 0.678. The summed E-state index contributed by atoms with van der Waals surface area (Å²) >= 11 is 0. The zero-order chi connectivity index (χ0) is 17.8. The van der Waals surface area contributed by atoms with Crippen LogP contribution in [0.3, 0.4) is 0 Å². The Kier molecular flexibility index (Phi) is 6.92. The van der Waals surface area contributed by atoms with Gasteiger partial charge in [0.2, 0.25) is 0 Å². The Balaban J connectivity index is 3.03. The zero-order valence-corrected chi connectivity index (χ0v) is 17.1. The Labute approximate surface area is 144 Å². The summed E-state index contributed by atoms with van der Waals surface area (Å²) in [5, 5.41) is 14.1. The van der Waals surface area contributed by atoms with Crippen LogP contribution in [0.15, 0.2) is 35.1 Å². The van der Waals surface area contributed by atoms with Crippen molar-refractivity contribution in [2.75, 3.05) is 19.6 Å². The molecule has 0 aromatic carbocycles. The molecule has 1 heterocycles. The molecule has 0 unspecified atom stereocenters. The van der Waals surface area contributed by atoms with Crippen LogP contribution < -0.4 is 5.32 Å². The Morgan fingerprint density at radius 3 is 2.00 bits per heavy atom. The molecular weight excluding hydrogens is 303 g/mol. The van der Waals surface area contributed by atoms with Crippen LogP contribution in [-0.2, 0) is 0 Å². The van der Waals surface area contributed by atoms with Crippen molar-refractivity contribution in [3.8, 4) is 0 Å². The molecule has 0 aromatic heterocycles. The first kappa shape index (κ1) is 20.3. The third kappa shape index (κ3) is 6.31. The molecule has 0 saturated heterocycles. The van der Waals surface area contributed by atoms with Crippen LogP contribution in [0.4, 0.5) is 0 Å². The highest BCUT2D eigenvalue weighted by molar-refractivity contribution is 7.64. The van der Waals surface area contributed by atoms with Crippen molar-refractivity contribution in [2.24, 2.45) is 0 Å². The number of likely N-dealkylation sites (N-methyl/N-ethyl adjacent to an activating group) is 1. The fourth-order valence-corrected chi connectivity index (χ4v) is 6.22. The molecule has 1 rings (SSSR count). The summed E-state index contributed by atoms with van der Waals surface area (Å²) in [5.41, 5.74) is 2.10. The van der Waals surface area contributed by atoms with Gasteiger partial charge >= 0.3 is 0 Å². The first-order chi connectivity index (χ1) is 10.5. The maximum atomic E-state index is 10.1. The number of aliphatic hydroxyl groups excluding tert-OH is 1. The summed E-state index contributed by atoms with van der Waals surface area (Å²) in [4.78, 5) is 2.34. The van der Waals surface area contributed by atoms with Crippen molar-refractivity contribution in [3.05, 3.63) is 35.1 Å². The monoisotopic (exact) mass is 338 g/mol. The summed E-state index contributed by atoms with van der Waals surface area (Å²) in [6.07, 6.45) is 3.69. The second-order valence-electron chi connectivity index (χ2n) is 8.12. The minimum absolute atomic E-state index is 0.228. The molecule has 0 fully saturated rings. The normalized spacial score (nSPS) is 18.3. The predicted molar refractivity (Wildman–Crippen MR) is 104 cm³/mol. The van der Waals surface area contributed by atoms with Gasteiger partial charge in [0.1, 0.15) is 5.76 Å². The van der Waals surface area contributed by atoms with Crippen LogP contribution in [0.25, 0.3) is 0 Å². The summed E-state index contributed by atoms with van der Waals surface area (Å²) in [5.74, 6) is 2.69. The van der Waals surface area contributed by atoms with Gasteiger partial charge in [0.25, 0.3) is 0 Å². The molecule has 4 heteroatoms. The number of nitrogens with zero attached hydrogens (tertiary/aromatic N) is 1. The van der Waals surface area contributed by atoms with E-state index in [2.05, 4.69) is 71.4 Å². The lowest BCUT2D eigenvalue weighted by molar-refractivity contribution is 0.323. The van der Waals surface area contributed by atoms with Gasteiger partial charge in [0, 0.05) is 30.1 Å². The van der Waals surface area contributed by atoms with Crippen molar-refractivity contribution < 1.29 is 5.11 Å². The highest BCUT2D eigenvalue weighted by Gasteiger charge is 2.33. The molecule has 1 aliphatic heterocycles. The number of allylic oxidation sites excluding steroid dienone is 2. The number of hydrogen-bond donors (Lipinski definition) is 2. The van der Waals surface area contributed by atoms with Crippen LogP contribution in [-0.4, -0.2) is 40.0 Å². The number of rotatable bonds is 5. The minimum Gasteiger partial charge on any atom is -0.508 e. The Hall–Kier alpha value is -0.790. The lowest BCUT2D eigenvalue weighted by atomic mass is 10.2. The molecule has 0 aliphatic carbocycles. The van der Waals surface area contributed by atoms with Gasteiger partial charge in [-0.25, -0.2) is 0 Å². The van der Waals surface area contributed by atoms with E-state index in [1.807, 2.05) is 12.2 Å². The number of dihydropyridines is 1. The SMILES string of the molecule is CCN(CC)CC1=CC(O)=C/C(=C\P(C(C)(C)C)C(C)(C)C)N1. The lowest BCUT2D eigenvalue weighted by Gasteiger charge is -2.40. The third-order valence-electron chi connectivity index (χ3n) is 3.93. The van der Waals surface area contributed by atoms with Crippen LogP contribution in [0.5, 0.6) is 0 Å². The van der Waals surface area contributed by atoms with E-state index in [0.29, 0.717) is 5.76 Å². The maximum Gasteiger partial charge on any atom is 0.119 e. The van der Waals surface area contributed by atoms with E-state index in [9.17, 15) is 5.11 Å². The fraction of sp³-hybridized carbons (Fsp3) is 0.684. The standard InChI is InChI=1S/C19H35N2OP/c1-9-21(10-2)13-15-11-17(22)12-16(20-15)14-23(18(3,4)5)19(6,7)8/h11-12,14,20,22H,9-10,13H2,1-8H3/b16-14+. The predicted octanol–water partition coefficient (Wildman–Crippen LogP) is 5.18. The molecule has 0 saturated carbocycles. The van der Waals surface area contributed by atoms with Crippen LogP contribution >= 0.6 is 7.92 Å². The van der Waals surface area contributed by atoms with Crippen LogP contribution in [0.1, 0.15) is 55.4 Å². The second-order valence-corrected chi connectivity index (χ2v) is 11.8. The van der Waals surface area contributed by atoms with E-state index in [0.717, 1.165) is 31.0 Å². The van der Waals surface area contributed by atoms with Gasteiger partial charge in [-0.2, -0.15) is 0 Å². The zero-order valence-electron chi connectivity index (χ0n) is 16.2. The van der Waals surface area contributed by atoms with Crippen molar-refractivity contribution in [3.63, 3.8) is 0 Å². The van der Waals surface area contributed by atoms with E-state index in [1.165, 1.54) is 0 Å². The number of aliphatic hydroxyl groups is 1. The van der Waals surface area contributed by atoms with E-state index in [4.69, 9.17) is 0 Å². The van der Waals surface area contributed by atoms with Gasteiger partial charge in [0.15, 0.2) is 0 Å². The topological polar surface area (TPSA) is 35.5 Å². The average Bonchev–Trinajstić information content (AvgIpc) is 2.39. The van der Waals surface area contributed by atoms with Gasteiger partial charge in [-0.05, 0) is 29.2 Å². The highest BCUT2D eigenvalue weighted by atomic mass is 31.1. The Morgan fingerprint density at radius 2 is 1.57 bits per heavy atom. The molecule has 23 heavy (non-hydrogen) atoms. The summed E-state index contributed by atoms with van der Waals surface area (Å²) in [6, 6.07) is 0. The van der Waals surface area contributed by atoms with Gasteiger partial charge in [-0.3, -0.25) is 4.90 Å². The summed E-state index contributed by atoms with van der Waals surface area (Å²) < 4.78 is 0. The van der Waals surface area contributed by atoms with E-state index in [-0.39, 0.29) is 18.2 Å². The molecule has 132 valence electrons. The fourth-order valence-electron chi connectivity index (χ4n) is 3.01. The molecule has 0 spiro atoms.